The highest BCUT2D eigenvalue weighted by Crippen LogP contribution is 2.34. The lowest BCUT2D eigenvalue weighted by Gasteiger charge is -2.52. The third-order valence-electron chi connectivity index (χ3n) is 17.9. The largest absolute Gasteiger partial charge is 0.508 e. The molecule has 7 amide bonds. The average molecular weight is 1300 g/mol. The number of aliphatic hydroxyl groups is 7. The third kappa shape index (κ3) is 16.8. The number of phenols is 1. The van der Waals surface area contributed by atoms with E-state index in [0.717, 1.165) is 77.5 Å². The topological polar surface area (TPSA) is 393 Å². The van der Waals surface area contributed by atoms with Crippen LogP contribution in [0, 0.1) is 5.92 Å². The Hall–Kier alpha value is -8.12. The number of aromatic hydroxyl groups is 1. The van der Waals surface area contributed by atoms with Crippen molar-refractivity contribution in [3.05, 3.63) is 108 Å². The van der Waals surface area contributed by atoms with Crippen LogP contribution >= 0.6 is 0 Å². The zero-order valence-electron chi connectivity index (χ0n) is 53.0. The van der Waals surface area contributed by atoms with Gasteiger partial charge in [-0.1, -0.05) is 87.4 Å². The van der Waals surface area contributed by atoms with Gasteiger partial charge in [-0.3, -0.25) is 42.8 Å². The number of likely N-dealkylation sites (N-methyl/N-ethyl adjacent to an activating group) is 1. The summed E-state index contributed by atoms with van der Waals surface area (Å²) in [6, 6.07) is 14.4. The molecule has 4 aliphatic heterocycles. The summed E-state index contributed by atoms with van der Waals surface area (Å²) in [6.07, 6.45) is -13.4. The second-order valence-corrected chi connectivity index (χ2v) is 25.2. The first kappa shape index (κ1) is 70.7. The molecule has 27 nitrogen and oxygen atoms in total. The highest BCUT2D eigenvalue weighted by atomic mass is 16.6. The Morgan fingerprint density at radius 3 is 1.77 bits per heavy atom. The normalized spacial score (nSPS) is 28.5. The van der Waals surface area contributed by atoms with E-state index >= 15 is 0 Å². The van der Waals surface area contributed by atoms with Crippen LogP contribution in [0.1, 0.15) is 95.2 Å². The van der Waals surface area contributed by atoms with Crippen molar-refractivity contribution >= 4 is 47.3 Å². The van der Waals surface area contributed by atoms with E-state index in [1.165, 1.54) is 38.1 Å². The second-order valence-electron chi connectivity index (χ2n) is 25.2. The summed E-state index contributed by atoms with van der Waals surface area (Å²) in [6.45, 7) is 6.51. The maximum Gasteiger partial charge on any atom is 0.307 e. The van der Waals surface area contributed by atoms with Crippen LogP contribution in [-0.2, 0) is 43.0 Å². The van der Waals surface area contributed by atoms with Gasteiger partial charge in [-0.05, 0) is 84.5 Å². The van der Waals surface area contributed by atoms with Crippen LogP contribution in [0.4, 0.5) is 0 Å². The van der Waals surface area contributed by atoms with E-state index in [1.54, 1.807) is 26.2 Å². The van der Waals surface area contributed by atoms with Gasteiger partial charge >= 0.3 is 5.97 Å². The number of hydrogen-bond donors (Lipinski definition) is 13. The number of nitrogens with one attached hydrogen (secondary N) is 5. The van der Waals surface area contributed by atoms with E-state index in [2.05, 4.69) is 33.5 Å². The molecule has 4 saturated heterocycles. The summed E-state index contributed by atoms with van der Waals surface area (Å²) < 4.78 is 17.7. The second kappa shape index (κ2) is 30.8. The molecule has 0 aliphatic carbocycles. The Morgan fingerprint density at radius 1 is 0.667 bits per heavy atom. The van der Waals surface area contributed by atoms with Crippen LogP contribution in [0.5, 0.6) is 11.5 Å². The van der Waals surface area contributed by atoms with E-state index in [0.29, 0.717) is 12.2 Å². The van der Waals surface area contributed by atoms with Crippen LogP contribution in [-0.4, -0.2) is 234 Å². The summed E-state index contributed by atoms with van der Waals surface area (Å²) >= 11 is 0. The van der Waals surface area contributed by atoms with E-state index < -0.39 is 170 Å². The lowest BCUT2D eigenvalue weighted by molar-refractivity contribution is -1.00. The number of likely N-dealkylation sites (tertiary alicyclic amines) is 1. The van der Waals surface area contributed by atoms with Gasteiger partial charge in [0.25, 0.3) is 5.91 Å². The number of amides is 7. The van der Waals surface area contributed by atoms with Crippen molar-refractivity contribution in [1.29, 1.82) is 0 Å². The first-order valence-corrected chi connectivity index (χ1v) is 31.3. The van der Waals surface area contributed by atoms with Gasteiger partial charge in [0, 0.05) is 44.3 Å². The van der Waals surface area contributed by atoms with E-state index in [9.17, 15) is 79.2 Å². The Labute approximate surface area is 538 Å². The van der Waals surface area contributed by atoms with Gasteiger partial charge in [0.2, 0.25) is 41.7 Å². The maximum absolute atomic E-state index is 14.9. The molecule has 13 N–H and O–H groups in total. The molecular formula is C66H87N8O19+. The molecule has 4 aromatic rings. The number of ether oxygens (including phenoxy) is 3. The molecule has 2 unspecified atom stereocenters. The number of nitrogens with zero attached hydrogens (tertiary/aromatic N) is 3. The van der Waals surface area contributed by atoms with Gasteiger partial charge in [0.15, 0.2) is 6.23 Å². The quantitative estimate of drug-likeness (QED) is 0.0349. The van der Waals surface area contributed by atoms with Crippen molar-refractivity contribution in [1.82, 2.24) is 36.4 Å². The predicted octanol–water partition coefficient (Wildman–Crippen LogP) is -0.165. The fourth-order valence-electron chi connectivity index (χ4n) is 12.1. The standard InChI is InChI=1S/C66H86N8O19/c1-8-9-10-27-91-47-25-21-41(22-26-47)39-13-11-38(12-14-39)40-15-17-43(18-16-40)59(84)67-48-30-50(80)64(92-33-44-28-51(74(44,6)7)93-37(5)77)71-63(88)55-56(81)34(2)31-73(55)66(90)53(36(4)76)69-62(87)54(58(83)57(82)42-19-23-45(78)24-20-42)70-61(86)49-29-46(79)32-72(49)65(89)52(35(3)75)68-60(48)85/h11-26,34-36,44,46,48-58,64,75-76,79-83H,8-10,27-33H2,1-7H3,(H5-,67,68,69,70,71,78,84,85,86,87,88)/p+1/t34-,35+,36+,44?,46+,48-,49-,50+,51?,52-,53-,54-,55-,56-,57-,58-,64+/m0/s1. The molecule has 4 aliphatic rings. The third-order valence-corrected chi connectivity index (χ3v) is 17.9. The predicted molar refractivity (Wildman–Crippen MR) is 333 cm³/mol. The summed E-state index contributed by atoms with van der Waals surface area (Å²) in [5, 5.41) is 103. The van der Waals surface area contributed by atoms with Crippen molar-refractivity contribution < 1.29 is 97.9 Å². The van der Waals surface area contributed by atoms with Gasteiger partial charge in [-0.2, -0.15) is 0 Å². The molecular weight excluding hydrogens is 1210 g/mol. The van der Waals surface area contributed by atoms with Gasteiger partial charge in [-0.25, -0.2) is 0 Å². The number of unbranched alkanes of at least 4 members (excludes halogenated alkanes) is 2. The molecule has 8 rings (SSSR count). The summed E-state index contributed by atoms with van der Waals surface area (Å²) in [5.41, 5.74) is 3.37. The smallest absolute Gasteiger partial charge is 0.307 e. The zero-order chi connectivity index (χ0) is 67.7. The zero-order valence-corrected chi connectivity index (χ0v) is 53.0. The number of hydrogen-bond acceptors (Lipinski definition) is 19. The number of aliphatic hydroxyl groups excluding tert-OH is 7. The maximum atomic E-state index is 14.9. The lowest BCUT2D eigenvalue weighted by Crippen LogP contribution is -2.70. The van der Waals surface area contributed by atoms with Crippen LogP contribution < -0.4 is 31.3 Å². The minimum absolute atomic E-state index is 0.0186. The molecule has 17 atom stereocenters. The monoisotopic (exact) mass is 1300 g/mol. The highest BCUT2D eigenvalue weighted by molar-refractivity contribution is 6.00. The molecule has 4 aromatic carbocycles. The molecule has 0 aromatic heterocycles. The Balaban J connectivity index is 1.14. The number of fused-ring (bicyclic) bond motifs is 2. The fraction of sp³-hybridized carbons (Fsp3) is 0.515. The minimum atomic E-state index is -2.31. The van der Waals surface area contributed by atoms with E-state index in [-0.39, 0.29) is 40.9 Å². The van der Waals surface area contributed by atoms with Crippen LogP contribution in [0.3, 0.4) is 0 Å². The number of benzene rings is 4. The van der Waals surface area contributed by atoms with Gasteiger partial charge in [0.1, 0.15) is 78.7 Å². The molecule has 0 saturated carbocycles. The van der Waals surface area contributed by atoms with Gasteiger partial charge in [-0.15, -0.1) is 0 Å². The SMILES string of the molecule is CCCCCOc1ccc(-c2ccc(-c3ccc(C(=O)N[C@H]4C[C@@H](O)[C@@H](OCC5CC(OC(C)=O)[N+]5(C)C)NC(=O)[C@@H]5[C@@H](O)[C@@H](C)CN5C(=O)[C@H]([C@@H](C)O)NC(=O)[C@H]([C@H](O)[C@@H](O)c5ccc(O)cc5)NC(=O)[C@@H]5C[C@@H](O)CN5C(=O)[C@H]([C@@H](C)O)NC4=O)cc3)cc2)cc1. The average Bonchev–Trinajstić information content (AvgIpc) is 1.23. The first-order valence-electron chi connectivity index (χ1n) is 31.3. The van der Waals surface area contributed by atoms with Crippen LogP contribution in [0.15, 0.2) is 97.1 Å². The summed E-state index contributed by atoms with van der Waals surface area (Å²) in [4.78, 5) is 117. The summed E-state index contributed by atoms with van der Waals surface area (Å²) in [5.74, 6) is -9.07. The molecule has 93 heavy (non-hydrogen) atoms. The molecule has 4 fully saturated rings. The highest BCUT2D eigenvalue weighted by Gasteiger charge is 2.53. The molecule has 0 bridgehead atoms. The minimum Gasteiger partial charge on any atom is -0.508 e. The molecule has 0 spiro atoms. The Kier molecular flexibility index (Phi) is 23.4. The molecule has 27 heteroatoms. The number of carbonyl (C=O) groups is 8. The summed E-state index contributed by atoms with van der Waals surface area (Å²) in [7, 11) is 3.49. The number of esters is 1. The Morgan fingerprint density at radius 2 is 1.22 bits per heavy atom. The lowest BCUT2D eigenvalue weighted by atomic mass is 9.96. The van der Waals surface area contributed by atoms with Crippen molar-refractivity contribution in [2.45, 2.75) is 171 Å². The molecule has 0 radical (unpaired) electrons. The number of rotatable bonds is 18. The van der Waals surface area contributed by atoms with Crippen LogP contribution in [0.2, 0.25) is 0 Å². The first-order chi connectivity index (χ1) is 44.1. The van der Waals surface area contributed by atoms with Crippen molar-refractivity contribution in [2.75, 3.05) is 40.4 Å². The van der Waals surface area contributed by atoms with E-state index in [1.807, 2.05) is 48.5 Å². The van der Waals surface area contributed by atoms with E-state index in [4.69, 9.17) is 14.2 Å². The van der Waals surface area contributed by atoms with Crippen molar-refractivity contribution in [3.8, 4) is 33.8 Å². The van der Waals surface area contributed by atoms with Crippen LogP contribution in [0.25, 0.3) is 22.3 Å². The fourth-order valence-corrected chi connectivity index (χ4v) is 12.1. The molecule has 4 heterocycles. The number of phenolic OH excluding ortho intramolecular Hbond substituents is 1. The Bertz CT molecular complexity index is 3280. The van der Waals surface area contributed by atoms with Gasteiger partial charge < -0.3 is 91.4 Å². The number of quaternary nitrogens is 1. The van der Waals surface area contributed by atoms with Crippen molar-refractivity contribution in [3.63, 3.8) is 0 Å². The van der Waals surface area contributed by atoms with Gasteiger partial charge in [0.05, 0.1) is 51.5 Å². The molecule has 504 valence electrons. The van der Waals surface area contributed by atoms with Crippen molar-refractivity contribution in [2.24, 2.45) is 5.92 Å². The number of carbonyl (C=O) groups excluding carboxylic acids is 8.